The normalized spacial score (nSPS) is 18.5. The van der Waals surface area contributed by atoms with Crippen LogP contribution in [-0.2, 0) is 10.8 Å². The zero-order chi connectivity index (χ0) is 19.3. The second-order valence-corrected chi connectivity index (χ2v) is 9.74. The molecular formula is C22H27NO2S. The standard InChI is InChI=1S/C22H27NO2S/c1-13-9-16-17(22(5,6)8-7-21(16,3)4)11-15(13)14(2)10-19-23-12-18(26-19)20(24)25/h9-12H,7-8H2,1-6H3,(H,24,25)/b14-10-. The number of carbonyl (C=O) groups is 1. The first-order chi connectivity index (χ1) is 12.0. The molecule has 1 aromatic heterocycles. The molecule has 0 amide bonds. The van der Waals surface area contributed by atoms with Crippen LogP contribution in [0.5, 0.6) is 0 Å². The van der Waals surface area contributed by atoms with Crippen LogP contribution in [0.25, 0.3) is 11.6 Å². The molecule has 0 aliphatic heterocycles. The van der Waals surface area contributed by atoms with Crippen molar-refractivity contribution in [3.63, 3.8) is 0 Å². The maximum atomic E-state index is 11.1. The molecule has 4 heteroatoms. The number of aromatic carboxylic acids is 1. The van der Waals surface area contributed by atoms with Crippen molar-refractivity contribution in [1.82, 2.24) is 4.98 Å². The van der Waals surface area contributed by atoms with Gasteiger partial charge in [-0.2, -0.15) is 0 Å². The highest BCUT2D eigenvalue weighted by molar-refractivity contribution is 7.14. The number of benzene rings is 1. The summed E-state index contributed by atoms with van der Waals surface area (Å²) < 4.78 is 0. The zero-order valence-electron chi connectivity index (χ0n) is 16.4. The van der Waals surface area contributed by atoms with E-state index in [-0.39, 0.29) is 15.7 Å². The summed E-state index contributed by atoms with van der Waals surface area (Å²) in [5, 5.41) is 9.82. The molecule has 1 aliphatic rings. The van der Waals surface area contributed by atoms with Crippen LogP contribution in [0, 0.1) is 6.92 Å². The topological polar surface area (TPSA) is 50.2 Å². The zero-order valence-corrected chi connectivity index (χ0v) is 17.3. The number of hydrogen-bond acceptors (Lipinski definition) is 3. The predicted octanol–water partition coefficient (Wildman–Crippen LogP) is 6.06. The first-order valence-electron chi connectivity index (χ1n) is 9.05. The number of fused-ring (bicyclic) bond motifs is 1. The van der Waals surface area contributed by atoms with Crippen molar-refractivity contribution in [2.75, 3.05) is 0 Å². The lowest BCUT2D eigenvalue weighted by molar-refractivity contribution is 0.0702. The van der Waals surface area contributed by atoms with E-state index in [2.05, 4.69) is 58.7 Å². The van der Waals surface area contributed by atoms with E-state index in [1.807, 2.05) is 6.08 Å². The van der Waals surface area contributed by atoms with Gasteiger partial charge in [0.2, 0.25) is 0 Å². The monoisotopic (exact) mass is 369 g/mol. The van der Waals surface area contributed by atoms with Gasteiger partial charge >= 0.3 is 5.97 Å². The van der Waals surface area contributed by atoms with Crippen LogP contribution in [0.2, 0.25) is 0 Å². The molecule has 1 heterocycles. The molecule has 1 N–H and O–H groups in total. The van der Waals surface area contributed by atoms with Crippen LogP contribution >= 0.6 is 11.3 Å². The lowest BCUT2D eigenvalue weighted by Crippen LogP contribution is -2.34. The van der Waals surface area contributed by atoms with Gasteiger partial charge in [-0.05, 0) is 71.4 Å². The fourth-order valence-electron chi connectivity index (χ4n) is 3.86. The van der Waals surface area contributed by atoms with Crippen molar-refractivity contribution in [3.05, 3.63) is 50.5 Å². The summed E-state index contributed by atoms with van der Waals surface area (Å²) in [5.41, 5.74) is 6.89. The Morgan fingerprint density at radius 2 is 1.73 bits per heavy atom. The Hall–Kier alpha value is -1.94. The van der Waals surface area contributed by atoms with E-state index in [1.165, 1.54) is 52.6 Å². The average molecular weight is 370 g/mol. The van der Waals surface area contributed by atoms with Crippen LogP contribution < -0.4 is 0 Å². The Labute approximate surface area is 159 Å². The van der Waals surface area contributed by atoms with Crippen LogP contribution in [0.4, 0.5) is 0 Å². The van der Waals surface area contributed by atoms with E-state index < -0.39 is 5.97 Å². The number of rotatable bonds is 3. The second-order valence-electron chi connectivity index (χ2n) is 8.68. The SMILES string of the molecule is C/C(=C/c1ncc(C(=O)O)s1)c1cc2c(cc1C)C(C)(C)CCC2(C)C. The highest BCUT2D eigenvalue weighted by Gasteiger charge is 2.37. The molecule has 138 valence electrons. The van der Waals surface area contributed by atoms with Gasteiger partial charge < -0.3 is 5.11 Å². The molecular weight excluding hydrogens is 342 g/mol. The van der Waals surface area contributed by atoms with Crippen molar-refractivity contribution in [2.45, 2.75) is 65.2 Å². The molecule has 0 atom stereocenters. The van der Waals surface area contributed by atoms with Crippen molar-refractivity contribution in [2.24, 2.45) is 0 Å². The van der Waals surface area contributed by atoms with Crippen LogP contribution in [0.3, 0.4) is 0 Å². The lowest BCUT2D eigenvalue weighted by Gasteiger charge is -2.42. The molecule has 0 unspecified atom stereocenters. The maximum Gasteiger partial charge on any atom is 0.347 e. The third-order valence-corrected chi connectivity index (χ3v) is 6.63. The molecule has 3 nitrogen and oxygen atoms in total. The summed E-state index contributed by atoms with van der Waals surface area (Å²) in [6.07, 6.45) is 5.81. The molecule has 1 aromatic carbocycles. The third-order valence-electron chi connectivity index (χ3n) is 5.70. The van der Waals surface area contributed by atoms with E-state index in [0.29, 0.717) is 0 Å². The molecule has 1 aliphatic carbocycles. The molecule has 2 aromatic rings. The second kappa shape index (κ2) is 6.34. The fourth-order valence-corrected chi connectivity index (χ4v) is 4.62. The van der Waals surface area contributed by atoms with Crippen LogP contribution in [0.15, 0.2) is 18.3 Å². The number of hydrogen-bond donors (Lipinski definition) is 1. The van der Waals surface area contributed by atoms with Crippen LogP contribution in [-0.4, -0.2) is 16.1 Å². The lowest BCUT2D eigenvalue weighted by atomic mass is 9.62. The minimum Gasteiger partial charge on any atom is -0.477 e. The highest BCUT2D eigenvalue weighted by atomic mass is 32.1. The number of nitrogens with zero attached hydrogens (tertiary/aromatic N) is 1. The fraction of sp³-hybridized carbons (Fsp3) is 0.455. The van der Waals surface area contributed by atoms with Gasteiger partial charge in [-0.15, -0.1) is 11.3 Å². The molecule has 0 spiro atoms. The third kappa shape index (κ3) is 3.35. The first kappa shape index (κ1) is 18.8. The summed E-state index contributed by atoms with van der Waals surface area (Å²) in [7, 11) is 0. The van der Waals surface area contributed by atoms with Gasteiger partial charge in [-0.25, -0.2) is 9.78 Å². The molecule has 26 heavy (non-hydrogen) atoms. The number of aryl methyl sites for hydroxylation is 1. The Bertz CT molecular complexity index is 903. The minimum absolute atomic E-state index is 0.172. The molecule has 3 rings (SSSR count). The van der Waals surface area contributed by atoms with Crippen molar-refractivity contribution in [3.8, 4) is 0 Å². The molecule has 0 radical (unpaired) electrons. The Morgan fingerprint density at radius 1 is 1.15 bits per heavy atom. The van der Waals surface area contributed by atoms with Gasteiger partial charge in [0.25, 0.3) is 0 Å². The summed E-state index contributed by atoms with van der Waals surface area (Å²) in [4.78, 5) is 15.6. The smallest absolute Gasteiger partial charge is 0.347 e. The van der Waals surface area contributed by atoms with Crippen molar-refractivity contribution >= 4 is 29.0 Å². The van der Waals surface area contributed by atoms with Gasteiger partial charge in [-0.1, -0.05) is 39.8 Å². The van der Waals surface area contributed by atoms with E-state index in [9.17, 15) is 4.79 Å². The van der Waals surface area contributed by atoms with Gasteiger partial charge in [-0.3, -0.25) is 0 Å². The minimum atomic E-state index is -0.922. The molecule has 0 bridgehead atoms. The van der Waals surface area contributed by atoms with Gasteiger partial charge in [0.1, 0.15) is 9.88 Å². The van der Waals surface area contributed by atoms with Gasteiger partial charge in [0, 0.05) is 0 Å². The number of aromatic nitrogens is 1. The molecule has 0 fully saturated rings. The number of carboxylic acid groups (broad SMARTS) is 1. The van der Waals surface area contributed by atoms with Gasteiger partial charge in [0.15, 0.2) is 0 Å². The summed E-state index contributed by atoms with van der Waals surface area (Å²) in [5.74, 6) is -0.922. The number of carboxylic acids is 1. The largest absolute Gasteiger partial charge is 0.477 e. The van der Waals surface area contributed by atoms with Crippen molar-refractivity contribution in [1.29, 1.82) is 0 Å². The Morgan fingerprint density at radius 3 is 2.27 bits per heavy atom. The van der Waals surface area contributed by atoms with E-state index in [1.54, 1.807) is 0 Å². The summed E-state index contributed by atoms with van der Waals surface area (Å²) in [6.45, 7) is 13.6. The summed E-state index contributed by atoms with van der Waals surface area (Å²) >= 11 is 1.21. The quantitative estimate of drug-likeness (QED) is 0.715. The van der Waals surface area contributed by atoms with E-state index >= 15 is 0 Å². The highest BCUT2D eigenvalue weighted by Crippen LogP contribution is 2.47. The Balaban J connectivity index is 2.08. The predicted molar refractivity (Wildman–Crippen MR) is 109 cm³/mol. The van der Waals surface area contributed by atoms with Crippen molar-refractivity contribution < 1.29 is 9.90 Å². The number of thiazole rings is 1. The maximum absolute atomic E-state index is 11.1. The number of allylic oxidation sites excluding steroid dienone is 1. The van der Waals surface area contributed by atoms with Crippen LogP contribution in [0.1, 0.15) is 84.4 Å². The first-order valence-corrected chi connectivity index (χ1v) is 9.86. The summed E-state index contributed by atoms with van der Waals surface area (Å²) in [6, 6.07) is 4.70. The Kier molecular flexibility index (Phi) is 4.60. The average Bonchev–Trinajstić information content (AvgIpc) is 3.00. The molecule has 0 saturated heterocycles. The van der Waals surface area contributed by atoms with E-state index in [0.717, 1.165) is 10.6 Å². The molecule has 0 saturated carbocycles. The van der Waals surface area contributed by atoms with Gasteiger partial charge in [0.05, 0.1) is 6.20 Å². The van der Waals surface area contributed by atoms with E-state index in [4.69, 9.17) is 5.11 Å².